The summed E-state index contributed by atoms with van der Waals surface area (Å²) >= 11 is 1.53. The van der Waals surface area contributed by atoms with Gasteiger partial charge in [0.1, 0.15) is 10.8 Å². The van der Waals surface area contributed by atoms with Crippen LogP contribution < -0.4 is 15.8 Å². The van der Waals surface area contributed by atoms with Gasteiger partial charge in [-0.2, -0.15) is 0 Å². The zero-order valence-corrected chi connectivity index (χ0v) is 13.5. The maximum absolute atomic E-state index is 12.4. The summed E-state index contributed by atoms with van der Waals surface area (Å²) < 4.78 is 6.35. The van der Waals surface area contributed by atoms with Crippen LogP contribution in [0.3, 0.4) is 0 Å². The molecule has 1 heterocycles. The first-order valence-electron chi connectivity index (χ1n) is 7.26. The molecule has 0 atom stereocenters. The van der Waals surface area contributed by atoms with E-state index in [1.165, 1.54) is 11.3 Å². The van der Waals surface area contributed by atoms with Gasteiger partial charge in [-0.25, -0.2) is 4.98 Å². The molecular weight excluding hydrogens is 326 g/mol. The number of carbonyl (C=O) groups is 2. The standard InChI is InChI=1S/C17H15N3O3S/c18-15(21)10-23-13-7-3-1-5-11(13)17(22)19-9-16-20-12-6-2-4-8-14(12)24-16/h1-8H,9-10H2,(H2,18,21)(H,19,22). The molecule has 3 aromatic rings. The Morgan fingerprint density at radius 3 is 2.67 bits per heavy atom. The van der Waals surface area contributed by atoms with E-state index in [1.807, 2.05) is 24.3 Å². The van der Waals surface area contributed by atoms with E-state index in [4.69, 9.17) is 10.5 Å². The molecule has 7 heteroatoms. The number of para-hydroxylation sites is 2. The lowest BCUT2D eigenvalue weighted by Crippen LogP contribution is -2.25. The minimum atomic E-state index is -0.598. The Balaban J connectivity index is 1.69. The molecule has 0 aliphatic heterocycles. The number of ether oxygens (including phenoxy) is 1. The molecule has 0 spiro atoms. The number of rotatable bonds is 6. The molecule has 1 aromatic heterocycles. The van der Waals surface area contributed by atoms with Crippen molar-refractivity contribution < 1.29 is 14.3 Å². The van der Waals surface area contributed by atoms with Crippen LogP contribution in [0, 0.1) is 0 Å². The number of hydrogen-bond donors (Lipinski definition) is 2. The van der Waals surface area contributed by atoms with Crippen molar-refractivity contribution in [2.45, 2.75) is 6.54 Å². The molecule has 0 fully saturated rings. The van der Waals surface area contributed by atoms with Crippen LogP contribution in [-0.2, 0) is 11.3 Å². The largest absolute Gasteiger partial charge is 0.483 e. The summed E-state index contributed by atoms with van der Waals surface area (Å²) in [7, 11) is 0. The van der Waals surface area contributed by atoms with Gasteiger partial charge in [0, 0.05) is 0 Å². The Morgan fingerprint density at radius 1 is 1.12 bits per heavy atom. The van der Waals surface area contributed by atoms with Crippen molar-refractivity contribution in [3.05, 3.63) is 59.1 Å². The van der Waals surface area contributed by atoms with Crippen LogP contribution in [0.2, 0.25) is 0 Å². The average molecular weight is 341 g/mol. The number of benzene rings is 2. The summed E-state index contributed by atoms with van der Waals surface area (Å²) in [5.41, 5.74) is 6.33. The van der Waals surface area contributed by atoms with Gasteiger partial charge in [0.25, 0.3) is 11.8 Å². The fourth-order valence-corrected chi connectivity index (χ4v) is 3.08. The number of nitrogens with zero attached hydrogens (tertiary/aromatic N) is 1. The molecule has 2 aromatic carbocycles. The van der Waals surface area contributed by atoms with Crippen molar-refractivity contribution in [1.82, 2.24) is 10.3 Å². The van der Waals surface area contributed by atoms with Gasteiger partial charge in [-0.05, 0) is 24.3 Å². The third kappa shape index (κ3) is 3.69. The normalized spacial score (nSPS) is 10.5. The first kappa shape index (κ1) is 15.9. The molecule has 0 unspecified atom stereocenters. The number of aromatic nitrogens is 1. The lowest BCUT2D eigenvalue weighted by atomic mass is 10.2. The van der Waals surface area contributed by atoms with Crippen LogP contribution in [-0.4, -0.2) is 23.4 Å². The molecule has 2 amide bonds. The molecular formula is C17H15N3O3S. The summed E-state index contributed by atoms with van der Waals surface area (Å²) in [4.78, 5) is 27.7. The summed E-state index contributed by atoms with van der Waals surface area (Å²) in [5.74, 6) is -0.577. The maximum atomic E-state index is 12.4. The monoisotopic (exact) mass is 341 g/mol. The van der Waals surface area contributed by atoms with Gasteiger partial charge in [0.05, 0.1) is 22.3 Å². The van der Waals surface area contributed by atoms with Gasteiger partial charge in [0.15, 0.2) is 6.61 Å². The number of thiazole rings is 1. The molecule has 3 N–H and O–H groups in total. The van der Waals surface area contributed by atoms with E-state index in [-0.39, 0.29) is 12.5 Å². The van der Waals surface area contributed by atoms with Gasteiger partial charge in [-0.1, -0.05) is 24.3 Å². The Morgan fingerprint density at radius 2 is 1.88 bits per heavy atom. The van der Waals surface area contributed by atoms with Crippen molar-refractivity contribution in [3.63, 3.8) is 0 Å². The SMILES string of the molecule is NC(=O)COc1ccccc1C(=O)NCc1nc2ccccc2s1. The second-order valence-electron chi connectivity index (χ2n) is 5.01. The number of hydrogen-bond acceptors (Lipinski definition) is 5. The zero-order valence-electron chi connectivity index (χ0n) is 12.7. The first-order valence-corrected chi connectivity index (χ1v) is 8.08. The Labute approximate surface area is 142 Å². The average Bonchev–Trinajstić information content (AvgIpc) is 3.01. The summed E-state index contributed by atoms with van der Waals surface area (Å²) in [6, 6.07) is 14.5. The van der Waals surface area contributed by atoms with Crippen molar-refractivity contribution in [2.75, 3.05) is 6.61 Å². The molecule has 0 bridgehead atoms. The van der Waals surface area contributed by atoms with Gasteiger partial charge in [-0.3, -0.25) is 9.59 Å². The van der Waals surface area contributed by atoms with E-state index in [0.29, 0.717) is 17.9 Å². The predicted octanol–water partition coefficient (Wildman–Crippen LogP) is 2.09. The van der Waals surface area contributed by atoms with Crippen LogP contribution in [0.15, 0.2) is 48.5 Å². The minimum Gasteiger partial charge on any atom is -0.483 e. The van der Waals surface area contributed by atoms with Gasteiger partial charge < -0.3 is 15.8 Å². The molecule has 24 heavy (non-hydrogen) atoms. The molecule has 0 radical (unpaired) electrons. The van der Waals surface area contributed by atoms with E-state index in [9.17, 15) is 9.59 Å². The number of amides is 2. The number of nitrogens with one attached hydrogen (secondary N) is 1. The van der Waals surface area contributed by atoms with Crippen molar-refractivity contribution in [3.8, 4) is 5.75 Å². The van der Waals surface area contributed by atoms with E-state index in [1.54, 1.807) is 24.3 Å². The highest BCUT2D eigenvalue weighted by atomic mass is 32.1. The third-order valence-corrected chi connectivity index (χ3v) is 4.28. The van der Waals surface area contributed by atoms with Crippen molar-refractivity contribution in [1.29, 1.82) is 0 Å². The van der Waals surface area contributed by atoms with Gasteiger partial charge in [0.2, 0.25) is 0 Å². The Bertz CT molecular complexity index is 858. The van der Waals surface area contributed by atoms with Crippen LogP contribution in [0.5, 0.6) is 5.75 Å². The van der Waals surface area contributed by atoms with E-state index in [2.05, 4.69) is 10.3 Å². The topological polar surface area (TPSA) is 94.3 Å². The second-order valence-corrected chi connectivity index (χ2v) is 6.12. The highest BCUT2D eigenvalue weighted by molar-refractivity contribution is 7.18. The molecule has 0 aliphatic rings. The van der Waals surface area contributed by atoms with E-state index < -0.39 is 5.91 Å². The maximum Gasteiger partial charge on any atom is 0.255 e. The molecule has 122 valence electrons. The van der Waals surface area contributed by atoms with Crippen LogP contribution >= 0.6 is 11.3 Å². The number of fused-ring (bicyclic) bond motifs is 1. The zero-order chi connectivity index (χ0) is 16.9. The predicted molar refractivity (Wildman–Crippen MR) is 91.9 cm³/mol. The lowest BCUT2D eigenvalue weighted by molar-refractivity contribution is -0.119. The molecule has 6 nitrogen and oxygen atoms in total. The molecule has 0 saturated heterocycles. The van der Waals surface area contributed by atoms with Crippen LogP contribution in [0.25, 0.3) is 10.2 Å². The fraction of sp³-hybridized carbons (Fsp3) is 0.118. The quantitative estimate of drug-likeness (QED) is 0.718. The van der Waals surface area contributed by atoms with Gasteiger partial charge >= 0.3 is 0 Å². The third-order valence-electron chi connectivity index (χ3n) is 3.24. The van der Waals surface area contributed by atoms with Crippen molar-refractivity contribution >= 4 is 33.4 Å². The minimum absolute atomic E-state index is 0.276. The summed E-state index contributed by atoms with van der Waals surface area (Å²) in [5, 5.41) is 3.64. The van der Waals surface area contributed by atoms with Gasteiger partial charge in [-0.15, -0.1) is 11.3 Å². The summed E-state index contributed by atoms with van der Waals surface area (Å²) in [6.45, 7) is 0.0461. The number of nitrogens with two attached hydrogens (primary N) is 1. The highest BCUT2D eigenvalue weighted by Crippen LogP contribution is 2.22. The Hall–Kier alpha value is -2.93. The second kappa shape index (κ2) is 7.10. The number of primary amides is 1. The van der Waals surface area contributed by atoms with Crippen LogP contribution in [0.1, 0.15) is 15.4 Å². The summed E-state index contributed by atoms with van der Waals surface area (Å²) in [6.07, 6.45) is 0. The van der Waals surface area contributed by atoms with Crippen molar-refractivity contribution in [2.24, 2.45) is 5.73 Å². The lowest BCUT2D eigenvalue weighted by Gasteiger charge is -2.10. The number of carbonyl (C=O) groups excluding carboxylic acids is 2. The highest BCUT2D eigenvalue weighted by Gasteiger charge is 2.13. The van der Waals surface area contributed by atoms with E-state index >= 15 is 0 Å². The molecule has 0 aliphatic carbocycles. The smallest absolute Gasteiger partial charge is 0.255 e. The van der Waals surface area contributed by atoms with Crippen LogP contribution in [0.4, 0.5) is 0 Å². The first-order chi connectivity index (χ1) is 11.6. The molecule has 3 rings (SSSR count). The fourth-order valence-electron chi connectivity index (χ4n) is 2.18. The Kier molecular flexibility index (Phi) is 4.72. The van der Waals surface area contributed by atoms with E-state index in [0.717, 1.165) is 15.2 Å². The molecule has 0 saturated carbocycles.